The summed E-state index contributed by atoms with van der Waals surface area (Å²) >= 11 is 3.51. The summed E-state index contributed by atoms with van der Waals surface area (Å²) in [5.41, 5.74) is 2.42. The Balaban J connectivity index is 1.35. The molecular formula is C21H23BrN8O2. The van der Waals surface area contributed by atoms with Crippen molar-refractivity contribution in [2.24, 2.45) is 5.92 Å². The van der Waals surface area contributed by atoms with Gasteiger partial charge in [0.25, 0.3) is 0 Å². The molecule has 32 heavy (non-hydrogen) atoms. The van der Waals surface area contributed by atoms with Gasteiger partial charge >= 0.3 is 0 Å². The first kappa shape index (κ1) is 20.8. The quantitative estimate of drug-likeness (QED) is 0.376. The molecule has 2 N–H and O–H groups in total. The summed E-state index contributed by atoms with van der Waals surface area (Å²) in [4.78, 5) is 25.8. The molecule has 0 saturated heterocycles. The summed E-state index contributed by atoms with van der Waals surface area (Å²) in [7, 11) is 1.62. The average molecular weight is 499 g/mol. The van der Waals surface area contributed by atoms with Gasteiger partial charge in [-0.3, -0.25) is 4.79 Å². The van der Waals surface area contributed by atoms with E-state index < -0.39 is 0 Å². The first-order valence-electron chi connectivity index (χ1n) is 10.5. The van der Waals surface area contributed by atoms with Crippen LogP contribution in [0.5, 0.6) is 0 Å². The fourth-order valence-electron chi connectivity index (χ4n) is 4.11. The molecule has 0 aromatic carbocycles. The Morgan fingerprint density at radius 2 is 2.22 bits per heavy atom. The van der Waals surface area contributed by atoms with Crippen LogP contribution < -0.4 is 10.6 Å². The van der Waals surface area contributed by atoms with Crippen molar-refractivity contribution in [1.82, 2.24) is 34.4 Å². The van der Waals surface area contributed by atoms with Gasteiger partial charge < -0.3 is 19.8 Å². The van der Waals surface area contributed by atoms with Crippen LogP contribution in [0.1, 0.15) is 19.3 Å². The Kier molecular flexibility index (Phi) is 5.75. The SMILES string of the molecule is COCCNC(=O)[C@@H]1CC[C@@H](Nc2ncc3c(Br)nn(-c4ccc5nccn5c4)c3n2)C1. The molecule has 0 aliphatic heterocycles. The number of anilines is 1. The lowest BCUT2D eigenvalue weighted by Crippen LogP contribution is -2.32. The number of aromatic nitrogens is 6. The van der Waals surface area contributed by atoms with E-state index in [4.69, 9.17) is 9.72 Å². The van der Waals surface area contributed by atoms with Gasteiger partial charge in [-0.15, -0.1) is 0 Å². The molecule has 10 nitrogen and oxygen atoms in total. The van der Waals surface area contributed by atoms with E-state index in [-0.39, 0.29) is 17.9 Å². The maximum Gasteiger partial charge on any atom is 0.224 e. The molecule has 1 aliphatic carbocycles. The number of methoxy groups -OCH3 is 1. The monoisotopic (exact) mass is 498 g/mol. The Labute approximate surface area is 192 Å². The standard InChI is InChI=1S/C21H23BrN8O2/c1-32-9-7-24-20(31)13-2-3-14(10-13)26-21-25-11-16-18(22)28-30(19(16)27-21)15-4-5-17-23-6-8-29(17)12-15/h4-6,8,11-14H,2-3,7,9-10H2,1H3,(H,24,31)(H,25,26,27)/t13-,14-/m1/s1. The van der Waals surface area contributed by atoms with Crippen molar-refractivity contribution in [3.05, 3.63) is 41.5 Å². The third-order valence-corrected chi connectivity index (χ3v) is 6.32. The normalized spacial score (nSPS) is 18.4. The van der Waals surface area contributed by atoms with Gasteiger partial charge in [-0.05, 0) is 47.3 Å². The van der Waals surface area contributed by atoms with Crippen LogP contribution in [0, 0.1) is 5.92 Å². The molecule has 0 unspecified atom stereocenters. The Morgan fingerprint density at radius 1 is 1.31 bits per heavy atom. The highest BCUT2D eigenvalue weighted by atomic mass is 79.9. The number of nitrogens with one attached hydrogen (secondary N) is 2. The van der Waals surface area contributed by atoms with Crippen molar-refractivity contribution in [1.29, 1.82) is 0 Å². The lowest BCUT2D eigenvalue weighted by atomic mass is 10.1. The lowest BCUT2D eigenvalue weighted by molar-refractivity contribution is -0.125. The number of hydrogen-bond donors (Lipinski definition) is 2. The van der Waals surface area contributed by atoms with Crippen LogP contribution in [0.2, 0.25) is 0 Å². The van der Waals surface area contributed by atoms with E-state index in [0.29, 0.717) is 29.4 Å². The van der Waals surface area contributed by atoms with Gasteiger partial charge in [0.1, 0.15) is 10.3 Å². The number of carbonyl (C=O) groups is 1. The molecule has 2 atom stereocenters. The predicted molar refractivity (Wildman–Crippen MR) is 123 cm³/mol. The molecule has 0 bridgehead atoms. The smallest absolute Gasteiger partial charge is 0.224 e. The predicted octanol–water partition coefficient (Wildman–Crippen LogP) is 2.57. The van der Waals surface area contributed by atoms with Crippen molar-refractivity contribution in [3.63, 3.8) is 0 Å². The van der Waals surface area contributed by atoms with Crippen molar-refractivity contribution < 1.29 is 9.53 Å². The molecule has 166 valence electrons. The molecule has 1 fully saturated rings. The van der Waals surface area contributed by atoms with Gasteiger partial charge in [0, 0.05) is 50.4 Å². The van der Waals surface area contributed by atoms with E-state index in [2.05, 4.69) is 41.6 Å². The zero-order valence-corrected chi connectivity index (χ0v) is 19.1. The summed E-state index contributed by atoms with van der Waals surface area (Å²) < 4.78 is 9.39. The number of halogens is 1. The van der Waals surface area contributed by atoms with Crippen LogP contribution >= 0.6 is 15.9 Å². The van der Waals surface area contributed by atoms with E-state index in [9.17, 15) is 4.79 Å². The van der Waals surface area contributed by atoms with E-state index in [1.807, 2.05) is 28.9 Å². The zero-order chi connectivity index (χ0) is 22.1. The maximum atomic E-state index is 12.3. The minimum atomic E-state index is -0.00494. The van der Waals surface area contributed by atoms with Gasteiger partial charge in [-0.1, -0.05) is 0 Å². The second-order valence-electron chi connectivity index (χ2n) is 7.85. The van der Waals surface area contributed by atoms with Crippen molar-refractivity contribution in [3.8, 4) is 5.69 Å². The largest absolute Gasteiger partial charge is 0.383 e. The number of amides is 1. The maximum absolute atomic E-state index is 12.3. The molecule has 4 aromatic heterocycles. The van der Waals surface area contributed by atoms with Gasteiger partial charge in [-0.2, -0.15) is 10.1 Å². The first-order chi connectivity index (χ1) is 15.6. The number of ether oxygens (including phenoxy) is 1. The summed E-state index contributed by atoms with van der Waals surface area (Å²) in [6, 6.07) is 4.04. The number of imidazole rings is 1. The Morgan fingerprint density at radius 3 is 3.09 bits per heavy atom. The van der Waals surface area contributed by atoms with Crippen LogP contribution in [0.3, 0.4) is 0 Å². The molecule has 4 heterocycles. The van der Waals surface area contributed by atoms with Gasteiger partial charge in [0.15, 0.2) is 5.65 Å². The van der Waals surface area contributed by atoms with Crippen molar-refractivity contribution >= 4 is 44.5 Å². The Hall–Kier alpha value is -3.05. The molecule has 0 spiro atoms. The number of hydrogen-bond acceptors (Lipinski definition) is 7. The highest BCUT2D eigenvalue weighted by molar-refractivity contribution is 9.10. The molecule has 4 aromatic rings. The van der Waals surface area contributed by atoms with Crippen molar-refractivity contribution in [2.75, 3.05) is 25.6 Å². The summed E-state index contributed by atoms with van der Waals surface area (Å²) in [6.07, 6.45) is 9.85. The van der Waals surface area contributed by atoms with Gasteiger partial charge in [0.05, 0.1) is 17.7 Å². The molecule has 1 saturated carbocycles. The first-order valence-corrected chi connectivity index (χ1v) is 11.3. The van der Waals surface area contributed by atoms with E-state index in [1.54, 1.807) is 24.2 Å². The second kappa shape index (κ2) is 8.83. The average Bonchev–Trinajstić information content (AvgIpc) is 3.52. The fraction of sp³-hybridized carbons (Fsp3) is 0.381. The molecule has 5 rings (SSSR count). The number of carbonyl (C=O) groups excluding carboxylic acids is 1. The van der Waals surface area contributed by atoms with Gasteiger partial charge in [0.2, 0.25) is 11.9 Å². The van der Waals surface area contributed by atoms with Crippen LogP contribution in [0.15, 0.2) is 41.5 Å². The number of rotatable bonds is 7. The minimum absolute atomic E-state index is 0.00494. The third-order valence-electron chi connectivity index (χ3n) is 5.74. The van der Waals surface area contributed by atoms with Crippen LogP contribution in [-0.2, 0) is 9.53 Å². The fourth-order valence-corrected chi connectivity index (χ4v) is 4.54. The summed E-state index contributed by atoms with van der Waals surface area (Å²) in [5.74, 6) is 0.606. The van der Waals surface area contributed by atoms with Crippen molar-refractivity contribution in [2.45, 2.75) is 25.3 Å². The van der Waals surface area contributed by atoms with Crippen LogP contribution in [-0.4, -0.2) is 61.3 Å². The van der Waals surface area contributed by atoms with E-state index in [0.717, 1.165) is 36.0 Å². The highest BCUT2D eigenvalue weighted by Crippen LogP contribution is 2.29. The second-order valence-corrected chi connectivity index (χ2v) is 8.60. The molecule has 0 radical (unpaired) electrons. The topological polar surface area (TPSA) is 111 Å². The molecule has 11 heteroatoms. The summed E-state index contributed by atoms with van der Waals surface area (Å²) in [6.45, 7) is 1.05. The number of fused-ring (bicyclic) bond motifs is 2. The Bertz CT molecular complexity index is 1270. The number of nitrogens with zero attached hydrogens (tertiary/aromatic N) is 6. The minimum Gasteiger partial charge on any atom is -0.383 e. The number of pyridine rings is 1. The highest BCUT2D eigenvalue weighted by Gasteiger charge is 2.30. The van der Waals surface area contributed by atoms with Crippen LogP contribution in [0.25, 0.3) is 22.4 Å². The van der Waals surface area contributed by atoms with E-state index in [1.165, 1.54) is 0 Å². The summed E-state index contributed by atoms with van der Waals surface area (Å²) in [5, 5.41) is 11.8. The molecule has 1 amide bonds. The van der Waals surface area contributed by atoms with Crippen LogP contribution in [0.4, 0.5) is 5.95 Å². The third kappa shape index (κ3) is 4.05. The lowest BCUT2D eigenvalue weighted by Gasteiger charge is -2.14. The molecular weight excluding hydrogens is 476 g/mol. The van der Waals surface area contributed by atoms with E-state index >= 15 is 0 Å². The molecule has 1 aliphatic rings. The van der Waals surface area contributed by atoms with Gasteiger partial charge in [-0.25, -0.2) is 14.6 Å². The zero-order valence-electron chi connectivity index (χ0n) is 17.5.